The first-order chi connectivity index (χ1) is 8.49. The Bertz CT molecular complexity index is 367. The largest absolute Gasteiger partial charge is 0.374 e. The van der Waals surface area contributed by atoms with Gasteiger partial charge in [-0.1, -0.05) is 39.3 Å². The van der Waals surface area contributed by atoms with E-state index in [0.29, 0.717) is 11.8 Å². The molecule has 0 saturated heterocycles. The van der Waals surface area contributed by atoms with Crippen molar-refractivity contribution in [1.29, 1.82) is 0 Å². The van der Waals surface area contributed by atoms with Crippen LogP contribution in [0, 0.1) is 12.8 Å². The van der Waals surface area contributed by atoms with Crippen LogP contribution in [-0.2, 0) is 0 Å². The zero-order valence-electron chi connectivity index (χ0n) is 12.5. The Labute approximate surface area is 112 Å². The minimum absolute atomic E-state index is 0.578. The van der Waals surface area contributed by atoms with Crippen LogP contribution in [0.1, 0.15) is 44.2 Å². The zero-order valence-corrected chi connectivity index (χ0v) is 12.5. The van der Waals surface area contributed by atoms with Crippen molar-refractivity contribution in [3.8, 4) is 0 Å². The molecule has 0 saturated carbocycles. The summed E-state index contributed by atoms with van der Waals surface area (Å²) in [5.74, 6) is 1.16. The minimum Gasteiger partial charge on any atom is -0.374 e. The Kier molecular flexibility index (Phi) is 5.67. The van der Waals surface area contributed by atoms with Gasteiger partial charge in [0, 0.05) is 19.3 Å². The number of anilines is 1. The molecule has 1 aromatic rings. The molecule has 0 fully saturated rings. The highest BCUT2D eigenvalue weighted by molar-refractivity contribution is 5.55. The Morgan fingerprint density at radius 2 is 1.94 bits per heavy atom. The SMILES string of the molecule is CCC(CN)CN(C)c1cc(C(C)C)ccc1C. The first kappa shape index (κ1) is 15.0. The van der Waals surface area contributed by atoms with Gasteiger partial charge in [0.1, 0.15) is 0 Å². The molecule has 1 atom stereocenters. The molecule has 0 radical (unpaired) electrons. The van der Waals surface area contributed by atoms with E-state index in [1.54, 1.807) is 0 Å². The quantitative estimate of drug-likeness (QED) is 0.834. The van der Waals surface area contributed by atoms with Crippen molar-refractivity contribution in [3.63, 3.8) is 0 Å². The molecule has 0 aliphatic rings. The van der Waals surface area contributed by atoms with E-state index in [-0.39, 0.29) is 0 Å². The highest BCUT2D eigenvalue weighted by Crippen LogP contribution is 2.25. The van der Waals surface area contributed by atoms with E-state index in [1.807, 2.05) is 0 Å². The smallest absolute Gasteiger partial charge is 0.0396 e. The Morgan fingerprint density at radius 3 is 2.44 bits per heavy atom. The van der Waals surface area contributed by atoms with Crippen LogP contribution in [0.4, 0.5) is 5.69 Å². The molecule has 0 spiro atoms. The van der Waals surface area contributed by atoms with Crippen LogP contribution < -0.4 is 10.6 Å². The van der Waals surface area contributed by atoms with Gasteiger partial charge in [-0.05, 0) is 42.5 Å². The molecule has 102 valence electrons. The minimum atomic E-state index is 0.578. The summed E-state index contributed by atoms with van der Waals surface area (Å²) in [4.78, 5) is 2.35. The maximum absolute atomic E-state index is 5.80. The van der Waals surface area contributed by atoms with Gasteiger partial charge in [0.15, 0.2) is 0 Å². The predicted octanol–water partition coefficient (Wildman–Crippen LogP) is 3.54. The summed E-state index contributed by atoms with van der Waals surface area (Å²) in [7, 11) is 2.17. The number of aryl methyl sites for hydroxylation is 1. The van der Waals surface area contributed by atoms with E-state index >= 15 is 0 Å². The van der Waals surface area contributed by atoms with Crippen molar-refractivity contribution in [2.45, 2.75) is 40.0 Å². The average molecular weight is 248 g/mol. The van der Waals surface area contributed by atoms with Crippen LogP contribution in [0.5, 0.6) is 0 Å². The van der Waals surface area contributed by atoms with E-state index in [1.165, 1.54) is 16.8 Å². The highest BCUT2D eigenvalue weighted by Gasteiger charge is 2.11. The van der Waals surface area contributed by atoms with Crippen LogP contribution in [0.15, 0.2) is 18.2 Å². The summed E-state index contributed by atoms with van der Waals surface area (Å²) < 4.78 is 0. The second-order valence-corrected chi connectivity index (χ2v) is 5.59. The monoisotopic (exact) mass is 248 g/mol. The van der Waals surface area contributed by atoms with Crippen LogP contribution in [0.25, 0.3) is 0 Å². The molecule has 0 bridgehead atoms. The summed E-state index contributed by atoms with van der Waals surface area (Å²) in [5, 5.41) is 0. The van der Waals surface area contributed by atoms with Gasteiger partial charge in [-0.15, -0.1) is 0 Å². The van der Waals surface area contributed by atoms with Crippen molar-refractivity contribution < 1.29 is 0 Å². The van der Waals surface area contributed by atoms with Crippen LogP contribution >= 0.6 is 0 Å². The predicted molar refractivity (Wildman–Crippen MR) is 81.4 cm³/mol. The molecule has 0 aliphatic carbocycles. The van der Waals surface area contributed by atoms with Crippen molar-refractivity contribution in [1.82, 2.24) is 0 Å². The average Bonchev–Trinajstić information content (AvgIpc) is 2.35. The van der Waals surface area contributed by atoms with E-state index < -0.39 is 0 Å². The second kappa shape index (κ2) is 6.79. The Balaban J connectivity index is 2.90. The van der Waals surface area contributed by atoms with Gasteiger partial charge in [-0.3, -0.25) is 0 Å². The topological polar surface area (TPSA) is 29.3 Å². The maximum Gasteiger partial charge on any atom is 0.0396 e. The normalized spacial score (nSPS) is 12.8. The summed E-state index contributed by atoms with van der Waals surface area (Å²) in [6.07, 6.45) is 1.14. The molecule has 2 nitrogen and oxygen atoms in total. The molecule has 18 heavy (non-hydrogen) atoms. The summed E-state index contributed by atoms with van der Waals surface area (Å²) in [6.45, 7) is 10.7. The lowest BCUT2D eigenvalue weighted by molar-refractivity contribution is 0.520. The molecule has 1 unspecified atom stereocenters. The van der Waals surface area contributed by atoms with Gasteiger partial charge in [0.2, 0.25) is 0 Å². The maximum atomic E-state index is 5.80. The third kappa shape index (κ3) is 3.74. The lowest BCUT2D eigenvalue weighted by atomic mass is 9.99. The molecule has 0 heterocycles. The fourth-order valence-electron chi connectivity index (χ4n) is 2.25. The van der Waals surface area contributed by atoms with Crippen molar-refractivity contribution in [3.05, 3.63) is 29.3 Å². The molecule has 0 amide bonds. The second-order valence-electron chi connectivity index (χ2n) is 5.59. The number of rotatable bonds is 6. The lowest BCUT2D eigenvalue weighted by Gasteiger charge is -2.26. The number of benzene rings is 1. The fourth-order valence-corrected chi connectivity index (χ4v) is 2.25. The van der Waals surface area contributed by atoms with Crippen LogP contribution in [0.3, 0.4) is 0 Å². The van der Waals surface area contributed by atoms with Gasteiger partial charge in [0.25, 0.3) is 0 Å². The molecule has 2 N–H and O–H groups in total. The number of hydrogen-bond donors (Lipinski definition) is 1. The van der Waals surface area contributed by atoms with Gasteiger partial charge >= 0.3 is 0 Å². The standard InChI is InChI=1S/C16H28N2/c1-6-14(10-17)11-18(5)16-9-15(12(2)3)8-7-13(16)4/h7-9,12,14H,6,10-11,17H2,1-5H3. The van der Waals surface area contributed by atoms with E-state index in [2.05, 4.69) is 57.8 Å². The zero-order chi connectivity index (χ0) is 13.7. The van der Waals surface area contributed by atoms with Gasteiger partial charge in [0.05, 0.1) is 0 Å². The third-order valence-corrected chi connectivity index (χ3v) is 3.75. The molecular formula is C16H28N2. The van der Waals surface area contributed by atoms with Crippen molar-refractivity contribution in [2.24, 2.45) is 11.7 Å². The van der Waals surface area contributed by atoms with E-state index in [9.17, 15) is 0 Å². The van der Waals surface area contributed by atoms with E-state index in [4.69, 9.17) is 5.73 Å². The van der Waals surface area contributed by atoms with Crippen LogP contribution in [-0.4, -0.2) is 20.1 Å². The Hall–Kier alpha value is -1.02. The number of nitrogens with two attached hydrogens (primary N) is 1. The summed E-state index contributed by atoms with van der Waals surface area (Å²) in [6, 6.07) is 6.78. The summed E-state index contributed by atoms with van der Waals surface area (Å²) in [5.41, 5.74) is 9.89. The molecule has 1 aromatic carbocycles. The highest BCUT2D eigenvalue weighted by atomic mass is 15.1. The first-order valence-corrected chi connectivity index (χ1v) is 7.01. The lowest BCUT2D eigenvalue weighted by Crippen LogP contribution is -2.30. The summed E-state index contributed by atoms with van der Waals surface area (Å²) >= 11 is 0. The van der Waals surface area contributed by atoms with Crippen molar-refractivity contribution in [2.75, 3.05) is 25.0 Å². The van der Waals surface area contributed by atoms with Gasteiger partial charge < -0.3 is 10.6 Å². The van der Waals surface area contributed by atoms with E-state index in [0.717, 1.165) is 19.5 Å². The number of nitrogens with zero attached hydrogens (tertiary/aromatic N) is 1. The first-order valence-electron chi connectivity index (χ1n) is 7.01. The Morgan fingerprint density at radius 1 is 1.28 bits per heavy atom. The van der Waals surface area contributed by atoms with Gasteiger partial charge in [-0.2, -0.15) is 0 Å². The number of hydrogen-bond acceptors (Lipinski definition) is 2. The van der Waals surface area contributed by atoms with Gasteiger partial charge in [-0.25, -0.2) is 0 Å². The molecular weight excluding hydrogens is 220 g/mol. The van der Waals surface area contributed by atoms with Crippen molar-refractivity contribution >= 4 is 5.69 Å². The fraction of sp³-hybridized carbons (Fsp3) is 0.625. The molecule has 1 rings (SSSR count). The molecule has 2 heteroatoms. The molecule has 0 aliphatic heterocycles. The third-order valence-electron chi connectivity index (χ3n) is 3.75. The van der Waals surface area contributed by atoms with Crippen LogP contribution in [0.2, 0.25) is 0 Å². The molecule has 0 aromatic heterocycles.